The van der Waals surface area contributed by atoms with E-state index in [1.165, 1.54) is 0 Å². The lowest BCUT2D eigenvalue weighted by atomic mass is 9.95. The van der Waals surface area contributed by atoms with Gasteiger partial charge >= 0.3 is 0 Å². The Morgan fingerprint density at radius 3 is 1.74 bits per heavy atom. The molecule has 0 saturated carbocycles. The molecule has 4 amide bonds. The van der Waals surface area contributed by atoms with E-state index in [2.05, 4.69) is 35.1 Å². The highest BCUT2D eigenvalue weighted by Gasteiger charge is 2.30. The molecule has 9 nitrogen and oxygen atoms in total. The summed E-state index contributed by atoms with van der Waals surface area (Å²) in [4.78, 5) is 49.9. The highest BCUT2D eigenvalue weighted by molar-refractivity contribution is 5.89. The van der Waals surface area contributed by atoms with Gasteiger partial charge in [-0.05, 0) is 43.4 Å². The number of hydrogen-bond donors (Lipinski definition) is 5. The molecule has 4 atom stereocenters. The van der Waals surface area contributed by atoms with Crippen LogP contribution in [0, 0.1) is 23.7 Å². The molecule has 0 aliphatic rings. The fourth-order valence-corrected chi connectivity index (χ4v) is 3.57. The summed E-state index contributed by atoms with van der Waals surface area (Å²) < 4.78 is 0. The van der Waals surface area contributed by atoms with E-state index >= 15 is 0 Å². The molecule has 0 aliphatic carbocycles. The molecule has 0 heterocycles. The fraction of sp³-hybridized carbons (Fsp3) is 0.846. The minimum Gasteiger partial charge on any atom is -0.390 e. The van der Waals surface area contributed by atoms with Gasteiger partial charge in [-0.1, -0.05) is 55.4 Å². The molecule has 0 aromatic carbocycles. The molecular weight excluding hydrogens is 448 g/mol. The minimum atomic E-state index is -1.14. The Kier molecular flexibility index (Phi) is 15.5. The van der Waals surface area contributed by atoms with Crippen molar-refractivity contribution in [3.8, 4) is 0 Å². The average molecular weight is 499 g/mol. The van der Waals surface area contributed by atoms with Gasteiger partial charge in [0.1, 0.15) is 12.1 Å². The van der Waals surface area contributed by atoms with Crippen molar-refractivity contribution in [2.75, 3.05) is 6.54 Å². The molecule has 0 spiro atoms. The quantitative estimate of drug-likeness (QED) is 0.222. The van der Waals surface area contributed by atoms with Gasteiger partial charge in [0, 0.05) is 13.0 Å². The van der Waals surface area contributed by atoms with Crippen LogP contribution in [-0.4, -0.2) is 59.5 Å². The van der Waals surface area contributed by atoms with Crippen LogP contribution in [0.5, 0.6) is 0 Å². The predicted octanol–water partition coefficient (Wildman–Crippen LogP) is 2.12. The summed E-state index contributed by atoms with van der Waals surface area (Å²) in [5.74, 6) is -0.718. The molecule has 0 radical (unpaired) electrons. The number of aliphatic hydroxyl groups excluding tert-OH is 1. The lowest BCUT2D eigenvalue weighted by Crippen LogP contribution is -2.55. The molecule has 1 unspecified atom stereocenters. The van der Waals surface area contributed by atoms with E-state index < -0.39 is 30.1 Å². The summed E-state index contributed by atoms with van der Waals surface area (Å²) >= 11 is 0. The summed E-state index contributed by atoms with van der Waals surface area (Å²) in [6.07, 6.45) is 0.218. The zero-order valence-corrected chi connectivity index (χ0v) is 23.2. The van der Waals surface area contributed by atoms with Gasteiger partial charge in [-0.3, -0.25) is 19.2 Å². The molecule has 35 heavy (non-hydrogen) atoms. The average Bonchev–Trinajstić information content (AvgIpc) is 2.69. The van der Waals surface area contributed by atoms with E-state index in [9.17, 15) is 24.3 Å². The molecule has 0 aromatic rings. The lowest BCUT2D eigenvalue weighted by Gasteiger charge is -2.29. The van der Waals surface area contributed by atoms with Gasteiger partial charge in [-0.15, -0.1) is 0 Å². The normalized spacial score (nSPS) is 15.0. The fourth-order valence-electron chi connectivity index (χ4n) is 3.57. The zero-order valence-electron chi connectivity index (χ0n) is 23.2. The first-order chi connectivity index (χ1) is 16.1. The second kappa shape index (κ2) is 16.5. The number of aliphatic hydroxyl groups is 1. The van der Waals surface area contributed by atoms with Crippen LogP contribution < -0.4 is 21.3 Å². The standard InChI is InChI=1S/C26H50N4O5/c1-15(2)10-11-27-25(34)19(9)28-23(33)14-21(31)20(12-16(3)4)29-26(35)24(18(7)8)30-22(32)13-17(5)6/h15-21,24,31H,10-14H2,1-9H3,(H,27,34)(H,28,33)(H,29,35)(H,30,32)/t19-,20+,21?,24+/m0/s1. The second-order valence-corrected chi connectivity index (χ2v) is 11.2. The number of nitrogens with one attached hydrogen (secondary N) is 4. The largest absolute Gasteiger partial charge is 0.390 e. The van der Waals surface area contributed by atoms with Crippen molar-refractivity contribution in [2.45, 2.75) is 112 Å². The highest BCUT2D eigenvalue weighted by atomic mass is 16.3. The maximum atomic E-state index is 13.0. The van der Waals surface area contributed by atoms with Gasteiger partial charge in [0.2, 0.25) is 23.6 Å². The van der Waals surface area contributed by atoms with Crippen LogP contribution in [0.15, 0.2) is 0 Å². The first-order valence-corrected chi connectivity index (χ1v) is 13.0. The van der Waals surface area contributed by atoms with Crippen molar-refractivity contribution >= 4 is 23.6 Å². The summed E-state index contributed by atoms with van der Waals surface area (Å²) in [5, 5.41) is 21.8. The van der Waals surface area contributed by atoms with Crippen LogP contribution in [-0.2, 0) is 19.2 Å². The first kappa shape index (κ1) is 32.8. The number of carbonyl (C=O) groups excluding carboxylic acids is 4. The predicted molar refractivity (Wildman–Crippen MR) is 138 cm³/mol. The molecule has 0 aliphatic heterocycles. The van der Waals surface area contributed by atoms with Crippen molar-refractivity contribution in [2.24, 2.45) is 23.7 Å². The van der Waals surface area contributed by atoms with Crippen molar-refractivity contribution in [1.82, 2.24) is 21.3 Å². The first-order valence-electron chi connectivity index (χ1n) is 13.0. The topological polar surface area (TPSA) is 137 Å². The molecule has 0 rings (SSSR count). The van der Waals surface area contributed by atoms with Gasteiger partial charge < -0.3 is 26.4 Å². The van der Waals surface area contributed by atoms with E-state index in [1.807, 2.05) is 41.5 Å². The van der Waals surface area contributed by atoms with Crippen molar-refractivity contribution in [3.05, 3.63) is 0 Å². The van der Waals surface area contributed by atoms with E-state index in [0.717, 1.165) is 6.42 Å². The van der Waals surface area contributed by atoms with Gasteiger partial charge in [0.25, 0.3) is 0 Å². The Labute approximate surface area is 212 Å². The lowest BCUT2D eigenvalue weighted by molar-refractivity contribution is -0.132. The number of amides is 4. The van der Waals surface area contributed by atoms with Crippen LogP contribution >= 0.6 is 0 Å². The van der Waals surface area contributed by atoms with Gasteiger partial charge in [0.15, 0.2) is 0 Å². The summed E-state index contributed by atoms with van der Waals surface area (Å²) in [6, 6.07) is -2.15. The SMILES string of the molecule is CC(C)CCNC(=O)[C@H](C)NC(=O)CC(O)[C@@H](CC(C)C)NC(=O)[C@H](NC(=O)CC(C)C)C(C)C. The molecule has 9 heteroatoms. The van der Waals surface area contributed by atoms with E-state index in [-0.39, 0.29) is 41.9 Å². The minimum absolute atomic E-state index is 0.150. The molecular formula is C26H50N4O5. The van der Waals surface area contributed by atoms with Crippen molar-refractivity contribution < 1.29 is 24.3 Å². The third-order valence-corrected chi connectivity index (χ3v) is 5.56. The van der Waals surface area contributed by atoms with E-state index in [0.29, 0.717) is 25.3 Å². The van der Waals surface area contributed by atoms with Crippen LogP contribution in [0.2, 0.25) is 0 Å². The molecule has 0 saturated heterocycles. The zero-order chi connectivity index (χ0) is 27.3. The third kappa shape index (κ3) is 14.8. The third-order valence-electron chi connectivity index (χ3n) is 5.56. The Balaban J connectivity index is 5.09. The van der Waals surface area contributed by atoms with Gasteiger partial charge in [-0.25, -0.2) is 0 Å². The Bertz CT molecular complexity index is 679. The number of rotatable bonds is 16. The molecule has 0 aromatic heterocycles. The van der Waals surface area contributed by atoms with Crippen LogP contribution in [0.25, 0.3) is 0 Å². The van der Waals surface area contributed by atoms with Crippen LogP contribution in [0.4, 0.5) is 0 Å². The molecule has 0 fully saturated rings. The second-order valence-electron chi connectivity index (χ2n) is 11.2. The smallest absolute Gasteiger partial charge is 0.243 e. The van der Waals surface area contributed by atoms with Gasteiger partial charge in [0.05, 0.1) is 18.6 Å². The monoisotopic (exact) mass is 498 g/mol. The Morgan fingerprint density at radius 1 is 0.686 bits per heavy atom. The highest BCUT2D eigenvalue weighted by Crippen LogP contribution is 2.13. The maximum Gasteiger partial charge on any atom is 0.243 e. The molecule has 5 N–H and O–H groups in total. The van der Waals surface area contributed by atoms with Crippen LogP contribution in [0.3, 0.4) is 0 Å². The maximum absolute atomic E-state index is 13.0. The summed E-state index contributed by atoms with van der Waals surface area (Å²) in [5.41, 5.74) is 0. The molecule has 204 valence electrons. The van der Waals surface area contributed by atoms with E-state index in [1.54, 1.807) is 6.92 Å². The Morgan fingerprint density at radius 2 is 1.26 bits per heavy atom. The van der Waals surface area contributed by atoms with Gasteiger partial charge in [-0.2, -0.15) is 0 Å². The van der Waals surface area contributed by atoms with E-state index in [4.69, 9.17) is 0 Å². The van der Waals surface area contributed by atoms with Crippen molar-refractivity contribution in [3.63, 3.8) is 0 Å². The van der Waals surface area contributed by atoms with Crippen LogP contribution in [0.1, 0.15) is 88.0 Å². The summed E-state index contributed by atoms with van der Waals surface area (Å²) in [6.45, 7) is 17.7. The number of carbonyl (C=O) groups is 4. The number of hydrogen-bond acceptors (Lipinski definition) is 5. The molecule has 0 bridgehead atoms. The Hall–Kier alpha value is -2.16. The van der Waals surface area contributed by atoms with Crippen molar-refractivity contribution in [1.29, 1.82) is 0 Å². The summed E-state index contributed by atoms with van der Waals surface area (Å²) in [7, 11) is 0.